The van der Waals surface area contributed by atoms with Crippen LogP contribution in [0.5, 0.6) is 0 Å². The maximum atomic E-state index is 10.2. The number of aryl methyl sites for hydroxylation is 2. The number of hydrogen-bond donors (Lipinski definition) is 1. The maximum absolute atomic E-state index is 10.2. The summed E-state index contributed by atoms with van der Waals surface area (Å²) in [6.07, 6.45) is 12.0. The van der Waals surface area contributed by atoms with E-state index in [0.29, 0.717) is 26.5 Å². The average Bonchev–Trinajstić information content (AvgIpc) is 3.38. The van der Waals surface area contributed by atoms with Crippen molar-refractivity contribution in [1.29, 1.82) is 5.26 Å². The van der Waals surface area contributed by atoms with E-state index in [1.54, 1.807) is 91.6 Å². The molecular weight excluding hydrogens is 1450 g/mol. The Morgan fingerprint density at radius 3 is 1.09 bits per heavy atom. The normalized spacial score (nSPS) is 7.38. The molecule has 0 saturated carbocycles. The number of aromatic nitrogens is 6. The number of rotatable bonds is 2. The Morgan fingerprint density at radius 2 is 0.938 bits per heavy atom. The molecule has 6 aromatic rings. The molecule has 0 amide bonds. The van der Waals surface area contributed by atoms with Crippen molar-refractivity contribution in [2.75, 3.05) is 0 Å². The Morgan fingerprint density at radius 1 is 0.594 bits per heavy atom. The van der Waals surface area contributed by atoms with Crippen LogP contribution >= 0.6 is 99.9 Å². The van der Waals surface area contributed by atoms with Gasteiger partial charge in [-0.05, 0) is 74.5 Å². The summed E-state index contributed by atoms with van der Waals surface area (Å²) >= 11 is 12.1. The van der Waals surface area contributed by atoms with Gasteiger partial charge in [0.2, 0.25) is 0 Å². The second kappa shape index (κ2) is 78.8. The average molecular weight is 1520 g/mol. The van der Waals surface area contributed by atoms with Crippen LogP contribution in [0.15, 0.2) is 153 Å². The van der Waals surface area contributed by atoms with Crippen LogP contribution in [0.1, 0.15) is 116 Å². The Balaban J connectivity index is -0.0000000911. The molecule has 10 nitrogen and oxygen atoms in total. The van der Waals surface area contributed by atoms with E-state index in [-0.39, 0.29) is 11.5 Å². The van der Waals surface area contributed by atoms with Gasteiger partial charge in [-0.1, -0.05) is 119 Å². The van der Waals surface area contributed by atoms with E-state index in [4.69, 9.17) is 10.4 Å². The summed E-state index contributed by atoms with van der Waals surface area (Å²) in [5, 5.41) is 26.9. The first kappa shape index (κ1) is 79.7. The molecule has 0 atom stereocenters. The molecule has 357 valence electrons. The van der Waals surface area contributed by atoms with Crippen molar-refractivity contribution >= 4 is 106 Å². The first-order chi connectivity index (χ1) is 31.1. The van der Waals surface area contributed by atoms with E-state index in [9.17, 15) is 10.0 Å². The van der Waals surface area contributed by atoms with Crippen LogP contribution in [0.25, 0.3) is 0 Å². The van der Waals surface area contributed by atoms with Crippen LogP contribution in [0.4, 0.5) is 0 Å². The van der Waals surface area contributed by atoms with Gasteiger partial charge >= 0.3 is 114 Å². The third-order valence-electron chi connectivity index (χ3n) is 4.79. The Labute approximate surface area is 455 Å². The van der Waals surface area contributed by atoms with Gasteiger partial charge in [-0.3, -0.25) is 24.7 Å². The summed E-state index contributed by atoms with van der Waals surface area (Å²) in [5.41, 5.74) is 3.80. The van der Waals surface area contributed by atoms with Crippen molar-refractivity contribution in [3.63, 3.8) is 0 Å². The quantitative estimate of drug-likeness (QED) is 0.0773. The van der Waals surface area contributed by atoms with E-state index < -0.39 is 0 Å². The number of pyridine rings is 6. The molecule has 0 radical (unpaired) electrons. The number of aldehydes is 1. The molecule has 0 unspecified atom stereocenters. The first-order valence-electron chi connectivity index (χ1n) is 20.4. The van der Waals surface area contributed by atoms with Gasteiger partial charge in [-0.25, -0.2) is 4.98 Å². The molecule has 0 bridgehead atoms. The van der Waals surface area contributed by atoms with E-state index in [1.807, 2.05) is 152 Å². The maximum Gasteiger partial charge on any atom is 0.180 e. The summed E-state index contributed by atoms with van der Waals surface area (Å²) in [5.74, 6) is 0. The monoisotopic (exact) mass is 1520 g/mol. The summed E-state index contributed by atoms with van der Waals surface area (Å²) in [6.45, 7) is 28.0. The number of nitrogens with zero attached hydrogens (tertiary/aromatic N) is 7. The third kappa shape index (κ3) is 77.8. The zero-order valence-corrected chi connectivity index (χ0v) is 53.5. The molecule has 0 aliphatic rings. The molecule has 6 heterocycles. The van der Waals surface area contributed by atoms with Gasteiger partial charge in [0, 0.05) is 54.5 Å². The largest absolute Gasteiger partial charge is 0.619 e. The molecule has 0 aromatic carbocycles. The number of aliphatic hydroxyl groups excluding tert-OH is 1. The topological polar surface area (TPSA) is 152 Å². The van der Waals surface area contributed by atoms with Gasteiger partial charge in [0.15, 0.2) is 18.7 Å². The fourth-order valence-electron chi connectivity index (χ4n) is 2.65. The van der Waals surface area contributed by atoms with Crippen LogP contribution in [0.3, 0.4) is 0 Å². The third-order valence-corrected chi connectivity index (χ3v) is 4.79. The molecule has 0 aliphatic carbocycles. The summed E-state index contributed by atoms with van der Waals surface area (Å²) in [7, 11) is 0.628. The van der Waals surface area contributed by atoms with Crippen molar-refractivity contribution in [3.8, 4) is 6.07 Å². The van der Waals surface area contributed by atoms with Crippen LogP contribution < -0.4 is 4.73 Å². The minimum Gasteiger partial charge on any atom is -0.619 e. The second-order valence-electron chi connectivity index (χ2n) is 8.61. The van der Waals surface area contributed by atoms with Crippen LogP contribution in [-0.2, 0) is 21.0 Å². The molecule has 17 heteroatoms. The zero-order chi connectivity index (χ0) is 51.1. The number of carbonyl (C=O) groups is 1. The van der Waals surface area contributed by atoms with Crippen molar-refractivity contribution in [3.05, 3.63) is 186 Å². The Bertz CT molecular complexity index is 1570. The summed E-state index contributed by atoms with van der Waals surface area (Å²) in [4.78, 5) is 28.9. The Kier molecular flexibility index (Phi) is 98.1. The number of halogens is 5. The second-order valence-corrected chi connectivity index (χ2v) is 55.8. The van der Waals surface area contributed by atoms with Gasteiger partial charge < -0.3 is 10.3 Å². The standard InChI is InChI=1S/C6H4N2.C6H7NO.C6H5NO.2C6H7N.C5H5NO.6C2H6.5HI.2V/c7-5-6-3-1-2-4-8-6;2*8-5-6-3-1-2-4-7-6;2*1-6-4-2-3-5-7-6;7-6-4-2-1-3-5-6;6*1-2;;;;;;;/h1-4H;1-4,8H,5H2;1-5H;2*2-5H,1H3;1-5H;6*1-2H3;5*1H;;/q;;;;;;;;;;;;;;;;;+2;+3/p-5. The fraction of sp³-hybridized carbons (Fsp3) is 0.319. The van der Waals surface area contributed by atoms with Gasteiger partial charge in [0.05, 0.1) is 12.3 Å². The number of aliphatic hydroxyl groups is 1. The van der Waals surface area contributed by atoms with Crippen molar-refractivity contribution in [1.82, 2.24) is 24.9 Å². The van der Waals surface area contributed by atoms with Gasteiger partial charge in [-0.2, -0.15) is 9.99 Å². The van der Waals surface area contributed by atoms with Crippen LogP contribution in [0, 0.1) is 30.4 Å². The van der Waals surface area contributed by atoms with E-state index in [1.165, 1.54) is 12.4 Å². The first-order valence-corrected chi connectivity index (χ1v) is 42.9. The summed E-state index contributed by atoms with van der Waals surface area (Å²) < 4.78 is 0.750. The molecule has 0 aliphatic heterocycles. The van der Waals surface area contributed by atoms with Gasteiger partial charge in [0.1, 0.15) is 17.5 Å². The molecular formula is C47H71I5N7O3V2. The van der Waals surface area contributed by atoms with Gasteiger partial charge in [0.25, 0.3) is 0 Å². The smallest absolute Gasteiger partial charge is 0.180 e. The molecule has 1 N–H and O–H groups in total. The fourth-order valence-corrected chi connectivity index (χ4v) is 2.65. The number of hydrogen-bond acceptors (Lipinski definition) is 9. The SMILES string of the molecule is CC.CC.CC.CC.CC.CC.Cc1ccccn1.Cc1ccccn1.N#Cc1ccccn1.O=Cc1ccccn1.OCc1ccccn1.[I][V]([I])[I].[I][V][I].[O-][n+]1ccccc1. The Hall–Kier alpha value is -1.36. The zero-order valence-electron chi connectivity index (χ0n) is 39.9. The van der Waals surface area contributed by atoms with Crippen LogP contribution in [0.2, 0.25) is 0 Å². The summed E-state index contributed by atoms with van der Waals surface area (Å²) in [6, 6.07) is 34.7. The molecule has 6 aromatic heterocycles. The predicted molar refractivity (Wildman–Crippen MR) is 310 cm³/mol. The molecule has 64 heavy (non-hydrogen) atoms. The molecule has 0 spiro atoms. The molecule has 0 saturated heterocycles. The van der Waals surface area contributed by atoms with Crippen LogP contribution in [-0.4, -0.2) is 36.3 Å². The van der Waals surface area contributed by atoms with E-state index in [2.05, 4.69) is 125 Å². The predicted octanol–water partition coefficient (Wildman–Crippen LogP) is 16.1. The van der Waals surface area contributed by atoms with Crippen molar-refractivity contribution in [2.24, 2.45) is 0 Å². The number of carbonyl (C=O) groups excluding carboxylic acids is 1. The minimum atomic E-state index is -0.278. The van der Waals surface area contributed by atoms with E-state index in [0.717, 1.165) is 22.4 Å². The minimum absolute atomic E-state index is 0.0286. The van der Waals surface area contributed by atoms with E-state index >= 15 is 0 Å². The molecule has 6 rings (SSSR count). The number of nitriles is 1. The van der Waals surface area contributed by atoms with Gasteiger partial charge in [-0.15, -0.1) is 0 Å². The molecule has 0 fully saturated rings. The van der Waals surface area contributed by atoms with Crippen molar-refractivity contribution in [2.45, 2.75) is 104 Å². The van der Waals surface area contributed by atoms with Crippen molar-refractivity contribution < 1.29 is 29.0 Å².